The minimum atomic E-state index is -4.04. The highest BCUT2D eigenvalue weighted by molar-refractivity contribution is 7.92. The van der Waals surface area contributed by atoms with Gasteiger partial charge in [0.15, 0.2) is 0 Å². The minimum absolute atomic E-state index is 0.0260. The zero-order valence-electron chi connectivity index (χ0n) is 25.1. The average molecular weight is 645 g/mol. The van der Waals surface area contributed by atoms with E-state index in [0.29, 0.717) is 37.0 Å². The first-order valence-electron chi connectivity index (χ1n) is 15.1. The van der Waals surface area contributed by atoms with Crippen LogP contribution in [-0.2, 0) is 27.8 Å². The molecule has 1 aliphatic heterocycles. The molecule has 5 aromatic rings. The largest absolute Gasteiger partial charge is 0.448 e. The number of thiophene rings is 1. The Balaban J connectivity index is 1.12. The normalized spacial score (nSPS) is 15.0. The summed E-state index contributed by atoms with van der Waals surface area (Å²) in [6, 6.07) is 30.3. The van der Waals surface area contributed by atoms with Crippen LogP contribution in [0.1, 0.15) is 36.9 Å². The smallest absolute Gasteiger partial charge is 0.409 e. The van der Waals surface area contributed by atoms with Crippen LogP contribution in [0.4, 0.5) is 4.79 Å². The molecule has 1 fully saturated rings. The van der Waals surface area contributed by atoms with Crippen molar-refractivity contribution in [2.24, 2.45) is 0 Å². The third kappa shape index (κ3) is 6.61. The lowest BCUT2D eigenvalue weighted by Crippen LogP contribution is -2.43. The van der Waals surface area contributed by atoms with E-state index in [1.807, 2.05) is 36.4 Å². The lowest BCUT2D eigenvalue weighted by molar-refractivity contribution is 0.0567. The van der Waals surface area contributed by atoms with Gasteiger partial charge in [0.25, 0.3) is 10.0 Å². The van der Waals surface area contributed by atoms with Crippen molar-refractivity contribution in [3.8, 4) is 0 Å². The molecule has 1 amide bonds. The maximum absolute atomic E-state index is 13.7. The molecule has 9 nitrogen and oxygen atoms in total. The topological polar surface area (TPSA) is 93.8 Å². The van der Waals surface area contributed by atoms with E-state index >= 15 is 0 Å². The molecule has 11 heteroatoms. The van der Waals surface area contributed by atoms with Crippen LogP contribution in [0.5, 0.6) is 0 Å². The summed E-state index contributed by atoms with van der Waals surface area (Å²) in [5, 5.41) is 1.68. The molecule has 45 heavy (non-hydrogen) atoms. The van der Waals surface area contributed by atoms with Gasteiger partial charge in [-0.15, -0.1) is 11.3 Å². The summed E-state index contributed by atoms with van der Waals surface area (Å²) in [7, 11) is -4.04. The monoisotopic (exact) mass is 644 g/mol. The molecule has 0 saturated carbocycles. The predicted molar refractivity (Wildman–Crippen MR) is 176 cm³/mol. The first-order valence-corrected chi connectivity index (χ1v) is 17.4. The second kappa shape index (κ2) is 13.4. The lowest BCUT2D eigenvalue weighted by Gasteiger charge is -2.33. The number of carbonyl (C=O) groups excluding carboxylic acids is 1. The number of likely N-dealkylation sites (tertiary alicyclic amines) is 1. The zero-order valence-corrected chi connectivity index (χ0v) is 26.7. The van der Waals surface area contributed by atoms with E-state index in [4.69, 9.17) is 4.74 Å². The molecule has 1 saturated heterocycles. The Morgan fingerprint density at radius 1 is 0.867 bits per heavy atom. The fourth-order valence-corrected chi connectivity index (χ4v) is 8.39. The molecule has 0 aliphatic carbocycles. The predicted octanol–water partition coefficient (Wildman–Crippen LogP) is 5.97. The summed E-state index contributed by atoms with van der Waals surface area (Å²) in [5.74, 6) is 0. The highest BCUT2D eigenvalue weighted by Crippen LogP contribution is 2.29. The average Bonchev–Trinajstić information content (AvgIpc) is 3.71. The standard InChI is InChI=1S/C34H36N4O5S2/c1-26(36(23-27-11-4-2-5-12-27)24-28-13-6-3-7-14-28)25-43-34(40)35-20-18-29(19-21-35)37-30-15-8-9-16-31(30)38(33(37)39)45(41,42)32-17-10-22-44-32/h2-17,22,26,29H,18-21,23-25H2,1H3/t26-/m0/s1. The summed E-state index contributed by atoms with van der Waals surface area (Å²) in [6.45, 7) is 4.57. The number of amides is 1. The maximum atomic E-state index is 13.7. The van der Waals surface area contributed by atoms with E-state index in [9.17, 15) is 18.0 Å². The van der Waals surface area contributed by atoms with Crippen LogP contribution in [0.3, 0.4) is 0 Å². The van der Waals surface area contributed by atoms with Crippen molar-refractivity contribution in [1.29, 1.82) is 0 Å². The van der Waals surface area contributed by atoms with Gasteiger partial charge in [-0.3, -0.25) is 9.47 Å². The molecule has 2 aromatic heterocycles. The third-order valence-electron chi connectivity index (χ3n) is 8.35. The summed E-state index contributed by atoms with van der Waals surface area (Å²) in [5.41, 5.74) is 2.70. The van der Waals surface area contributed by atoms with Crippen molar-refractivity contribution in [2.45, 2.75) is 49.1 Å². The van der Waals surface area contributed by atoms with Crippen LogP contribution in [0, 0.1) is 0 Å². The molecular weight excluding hydrogens is 609 g/mol. The summed E-state index contributed by atoms with van der Waals surface area (Å²) in [4.78, 5) is 30.8. The number of hydrogen-bond acceptors (Lipinski definition) is 7. The SMILES string of the molecule is C[C@@H](COC(=O)N1CCC(n2c(=O)n(S(=O)(=O)c3cccs3)c3ccccc32)CC1)N(Cc1ccccc1)Cc1ccccc1. The van der Waals surface area contributed by atoms with Gasteiger partial charge in [0.05, 0.1) is 11.0 Å². The second-order valence-electron chi connectivity index (χ2n) is 11.4. The Morgan fingerprint density at radius 3 is 2.02 bits per heavy atom. The number of hydrogen-bond donors (Lipinski definition) is 0. The Bertz CT molecular complexity index is 1860. The molecule has 234 valence electrons. The van der Waals surface area contributed by atoms with Crippen LogP contribution >= 0.6 is 11.3 Å². The van der Waals surface area contributed by atoms with Crippen LogP contribution in [0.15, 0.2) is 111 Å². The third-order valence-corrected chi connectivity index (χ3v) is 11.4. The highest BCUT2D eigenvalue weighted by atomic mass is 32.2. The van der Waals surface area contributed by atoms with Crippen LogP contribution in [-0.4, -0.2) is 58.6 Å². The molecule has 0 bridgehead atoms. The van der Waals surface area contributed by atoms with Gasteiger partial charge in [0.1, 0.15) is 10.8 Å². The molecule has 3 heterocycles. The molecule has 6 rings (SSSR count). The number of benzene rings is 3. The van der Waals surface area contributed by atoms with Gasteiger partial charge in [-0.2, -0.15) is 12.4 Å². The van der Waals surface area contributed by atoms with Crippen molar-refractivity contribution in [3.05, 3.63) is 124 Å². The maximum Gasteiger partial charge on any atom is 0.409 e. The van der Waals surface area contributed by atoms with E-state index in [2.05, 4.69) is 36.1 Å². The van der Waals surface area contributed by atoms with Gasteiger partial charge in [-0.25, -0.2) is 9.59 Å². The molecule has 0 spiro atoms. The Morgan fingerprint density at radius 2 is 1.44 bits per heavy atom. The van der Waals surface area contributed by atoms with E-state index in [1.54, 1.807) is 45.2 Å². The van der Waals surface area contributed by atoms with Crippen molar-refractivity contribution in [2.75, 3.05) is 19.7 Å². The van der Waals surface area contributed by atoms with Crippen LogP contribution < -0.4 is 5.69 Å². The quantitative estimate of drug-likeness (QED) is 0.186. The van der Waals surface area contributed by atoms with E-state index in [1.165, 1.54) is 17.2 Å². The lowest BCUT2D eigenvalue weighted by atomic mass is 10.0. The fraction of sp³-hybridized carbons (Fsp3) is 0.294. The van der Waals surface area contributed by atoms with Gasteiger partial charge in [0, 0.05) is 38.3 Å². The van der Waals surface area contributed by atoms with Crippen molar-refractivity contribution in [3.63, 3.8) is 0 Å². The fourth-order valence-electron chi connectivity index (χ4n) is 5.93. The van der Waals surface area contributed by atoms with Gasteiger partial charge in [-0.05, 0) is 54.5 Å². The number of fused-ring (bicyclic) bond motifs is 1. The summed E-state index contributed by atoms with van der Waals surface area (Å²) >= 11 is 1.08. The Labute approximate surface area is 266 Å². The van der Waals surface area contributed by atoms with Crippen LogP contribution in [0.25, 0.3) is 11.0 Å². The molecular formula is C34H36N4O5S2. The zero-order chi connectivity index (χ0) is 31.4. The molecule has 1 atom stereocenters. The Hall–Kier alpha value is -4.19. The number of aromatic nitrogens is 2. The minimum Gasteiger partial charge on any atom is -0.448 e. The van der Waals surface area contributed by atoms with E-state index < -0.39 is 15.7 Å². The first kappa shape index (κ1) is 30.8. The van der Waals surface area contributed by atoms with Gasteiger partial charge >= 0.3 is 11.8 Å². The number of para-hydroxylation sites is 2. The van der Waals surface area contributed by atoms with Gasteiger partial charge < -0.3 is 9.64 Å². The van der Waals surface area contributed by atoms with E-state index in [0.717, 1.165) is 28.4 Å². The number of piperidine rings is 1. The highest BCUT2D eigenvalue weighted by Gasteiger charge is 2.32. The van der Waals surface area contributed by atoms with Crippen molar-refractivity contribution >= 4 is 38.5 Å². The molecule has 3 aromatic carbocycles. The number of rotatable bonds is 10. The summed E-state index contributed by atoms with van der Waals surface area (Å²) < 4.78 is 35.3. The van der Waals surface area contributed by atoms with E-state index in [-0.39, 0.29) is 29.0 Å². The van der Waals surface area contributed by atoms with Crippen LogP contribution in [0.2, 0.25) is 0 Å². The Kier molecular flexibility index (Phi) is 9.20. The van der Waals surface area contributed by atoms with Crippen molar-refractivity contribution in [1.82, 2.24) is 18.3 Å². The number of carbonyl (C=O) groups is 1. The van der Waals surface area contributed by atoms with Gasteiger partial charge in [-0.1, -0.05) is 78.9 Å². The summed E-state index contributed by atoms with van der Waals surface area (Å²) in [6.07, 6.45) is 0.632. The second-order valence-corrected chi connectivity index (χ2v) is 14.3. The number of nitrogens with zero attached hydrogens (tertiary/aromatic N) is 4. The number of ether oxygens (including phenoxy) is 1. The molecule has 0 unspecified atom stereocenters. The molecule has 0 N–H and O–H groups in total. The van der Waals surface area contributed by atoms with Gasteiger partial charge in [0.2, 0.25) is 0 Å². The number of imidazole rings is 1. The molecule has 0 radical (unpaired) electrons. The molecule has 1 aliphatic rings. The van der Waals surface area contributed by atoms with Crippen molar-refractivity contribution < 1.29 is 17.9 Å². The first-order chi connectivity index (χ1) is 21.8.